The van der Waals surface area contributed by atoms with E-state index in [1.165, 1.54) is 22.1 Å². The molecule has 0 saturated carbocycles. The number of allylic oxidation sites excluding steroid dienone is 1. The second kappa shape index (κ2) is 13.5. The lowest BCUT2D eigenvalue weighted by Crippen LogP contribution is -2.40. The number of carbonyl (C=O) groups is 1. The molecule has 0 bridgehead atoms. The van der Waals surface area contributed by atoms with E-state index < -0.39 is 12.0 Å². The first kappa shape index (κ1) is 30.9. The summed E-state index contributed by atoms with van der Waals surface area (Å²) in [6.07, 6.45) is 1.83. The fraction of sp³-hybridized carbons (Fsp3) is 0.216. The number of ether oxygens (including phenoxy) is 4. The van der Waals surface area contributed by atoms with Crippen molar-refractivity contribution in [1.29, 1.82) is 0 Å². The van der Waals surface area contributed by atoms with Gasteiger partial charge in [0.05, 0.1) is 42.2 Å². The molecule has 8 nitrogen and oxygen atoms in total. The number of hydrogen-bond acceptors (Lipinski definition) is 8. The van der Waals surface area contributed by atoms with Crippen LogP contribution in [0.1, 0.15) is 43.5 Å². The van der Waals surface area contributed by atoms with Crippen LogP contribution >= 0.6 is 11.3 Å². The first-order valence-electron chi connectivity index (χ1n) is 15.1. The summed E-state index contributed by atoms with van der Waals surface area (Å²) < 4.78 is 24.9. The van der Waals surface area contributed by atoms with E-state index >= 15 is 0 Å². The molecule has 0 spiro atoms. The van der Waals surface area contributed by atoms with Crippen molar-refractivity contribution in [3.63, 3.8) is 0 Å². The van der Waals surface area contributed by atoms with Crippen molar-refractivity contribution < 1.29 is 23.7 Å². The lowest BCUT2D eigenvalue weighted by molar-refractivity contribution is -0.139. The zero-order valence-corrected chi connectivity index (χ0v) is 26.9. The molecule has 1 aliphatic rings. The van der Waals surface area contributed by atoms with Crippen LogP contribution < -0.4 is 29.1 Å². The van der Waals surface area contributed by atoms with Crippen molar-refractivity contribution in [2.45, 2.75) is 33.4 Å². The highest BCUT2D eigenvalue weighted by atomic mass is 32.1. The van der Waals surface area contributed by atoms with Gasteiger partial charge in [0.25, 0.3) is 5.56 Å². The molecule has 9 heteroatoms. The molecule has 0 fully saturated rings. The number of esters is 1. The molecule has 0 radical (unpaired) electrons. The molecule has 1 atom stereocenters. The number of rotatable bonds is 10. The van der Waals surface area contributed by atoms with E-state index in [1.54, 1.807) is 37.7 Å². The Bertz CT molecular complexity index is 2120. The smallest absolute Gasteiger partial charge is 0.338 e. The van der Waals surface area contributed by atoms with Gasteiger partial charge in [-0.3, -0.25) is 9.36 Å². The van der Waals surface area contributed by atoms with E-state index in [1.807, 2.05) is 61.5 Å². The maximum Gasteiger partial charge on any atom is 0.338 e. The van der Waals surface area contributed by atoms with Crippen molar-refractivity contribution in [1.82, 2.24) is 4.57 Å². The third-order valence-corrected chi connectivity index (χ3v) is 8.76. The van der Waals surface area contributed by atoms with Gasteiger partial charge in [-0.05, 0) is 78.6 Å². The highest BCUT2D eigenvalue weighted by molar-refractivity contribution is 7.07. The first-order chi connectivity index (χ1) is 22.4. The summed E-state index contributed by atoms with van der Waals surface area (Å²) in [5.41, 5.74) is 3.18. The van der Waals surface area contributed by atoms with Gasteiger partial charge < -0.3 is 18.9 Å². The van der Waals surface area contributed by atoms with Gasteiger partial charge in [-0.15, -0.1) is 0 Å². The van der Waals surface area contributed by atoms with Crippen LogP contribution in [-0.4, -0.2) is 30.9 Å². The Morgan fingerprint density at radius 2 is 1.72 bits per heavy atom. The predicted octanol–water partition coefficient (Wildman–Crippen LogP) is 5.94. The molecule has 4 aromatic carbocycles. The van der Waals surface area contributed by atoms with Crippen molar-refractivity contribution >= 4 is 34.2 Å². The van der Waals surface area contributed by atoms with Crippen LogP contribution in [-0.2, 0) is 16.1 Å². The minimum atomic E-state index is -0.757. The van der Waals surface area contributed by atoms with Gasteiger partial charge in [-0.2, -0.15) is 0 Å². The number of nitrogens with zero attached hydrogens (tertiary/aromatic N) is 2. The van der Waals surface area contributed by atoms with Gasteiger partial charge in [-0.1, -0.05) is 72.0 Å². The Labute approximate surface area is 270 Å². The molecule has 0 amide bonds. The van der Waals surface area contributed by atoms with Gasteiger partial charge in [0, 0.05) is 0 Å². The quantitative estimate of drug-likeness (QED) is 0.177. The largest absolute Gasteiger partial charge is 0.493 e. The normalized spacial score (nSPS) is 14.5. The Kier molecular flexibility index (Phi) is 9.03. The molecule has 1 aliphatic heterocycles. The van der Waals surface area contributed by atoms with E-state index in [0.29, 0.717) is 50.9 Å². The number of fused-ring (bicyclic) bond motifs is 2. The van der Waals surface area contributed by atoms with Gasteiger partial charge in [0.1, 0.15) is 12.4 Å². The molecule has 6 rings (SSSR count). The fourth-order valence-electron chi connectivity index (χ4n) is 5.63. The monoisotopic (exact) mass is 634 g/mol. The maximum atomic E-state index is 14.0. The van der Waals surface area contributed by atoms with E-state index in [-0.39, 0.29) is 12.2 Å². The number of thiazole rings is 1. The second-order valence-corrected chi connectivity index (χ2v) is 11.7. The minimum Gasteiger partial charge on any atom is -0.493 e. The van der Waals surface area contributed by atoms with E-state index in [2.05, 4.69) is 29.3 Å². The zero-order chi connectivity index (χ0) is 32.2. The van der Waals surface area contributed by atoms with E-state index in [9.17, 15) is 9.59 Å². The predicted molar refractivity (Wildman–Crippen MR) is 179 cm³/mol. The summed E-state index contributed by atoms with van der Waals surface area (Å²) in [7, 11) is 1.57. The van der Waals surface area contributed by atoms with Crippen molar-refractivity contribution in [3.8, 4) is 17.2 Å². The molecule has 1 aromatic heterocycles. The van der Waals surface area contributed by atoms with Gasteiger partial charge in [0.15, 0.2) is 16.3 Å². The summed E-state index contributed by atoms with van der Waals surface area (Å²) in [5.74, 6) is 1.29. The van der Waals surface area contributed by atoms with E-state index in [4.69, 9.17) is 18.9 Å². The molecule has 5 aromatic rings. The highest BCUT2D eigenvalue weighted by Crippen LogP contribution is 2.36. The summed E-state index contributed by atoms with van der Waals surface area (Å²) in [6, 6.07) is 26.7. The summed E-state index contributed by atoms with van der Waals surface area (Å²) >= 11 is 1.28. The van der Waals surface area contributed by atoms with Crippen LogP contribution in [0, 0.1) is 0 Å². The number of carbonyl (C=O) groups excluding carboxylic acids is 1. The standard InChI is InChI=1S/C37H34N2O6S/c1-5-43-31-21-26(16-19-30(31)42-4)34-33(36(41)44-6-2)23(3)38-37-39(34)35(40)32(46-37)20-24-14-17-28(18-15-24)45-22-27-12-9-11-25-10-7-8-13-29(25)27/h7-21,34H,5-6,22H2,1-4H3/b32-20-/t34-/m0/s1. The Hall–Kier alpha value is -5.15. The minimum absolute atomic E-state index is 0.196. The lowest BCUT2D eigenvalue weighted by atomic mass is 9.95. The SMILES string of the molecule is CCOC(=O)C1=C(C)N=c2s/c(=C\c3ccc(OCc4cccc5ccccc45)cc3)c(=O)n2[C@H]1c1ccc(OC)c(OCC)c1. The average Bonchev–Trinajstić information content (AvgIpc) is 3.37. The molecule has 0 N–H and O–H groups in total. The van der Waals surface area contributed by atoms with Crippen LogP contribution in [0.15, 0.2) is 106 Å². The second-order valence-electron chi connectivity index (χ2n) is 10.6. The third kappa shape index (κ3) is 6.06. The molecule has 0 aliphatic carbocycles. The van der Waals surface area contributed by atoms with Crippen molar-refractivity contribution in [2.75, 3.05) is 20.3 Å². The van der Waals surface area contributed by atoms with Crippen LogP contribution in [0.4, 0.5) is 0 Å². The number of hydrogen-bond donors (Lipinski definition) is 0. The lowest BCUT2D eigenvalue weighted by Gasteiger charge is -2.25. The van der Waals surface area contributed by atoms with Crippen LogP contribution in [0.25, 0.3) is 16.8 Å². The Morgan fingerprint density at radius 1 is 0.935 bits per heavy atom. The molecule has 46 heavy (non-hydrogen) atoms. The number of methoxy groups -OCH3 is 1. The summed E-state index contributed by atoms with van der Waals surface area (Å²) in [6.45, 7) is 6.46. The third-order valence-electron chi connectivity index (χ3n) is 7.77. The topological polar surface area (TPSA) is 88.4 Å². The maximum absolute atomic E-state index is 14.0. The van der Waals surface area contributed by atoms with Gasteiger partial charge in [0.2, 0.25) is 0 Å². The Morgan fingerprint density at radius 3 is 2.48 bits per heavy atom. The summed E-state index contributed by atoms with van der Waals surface area (Å²) in [5, 5.41) is 2.34. The zero-order valence-electron chi connectivity index (χ0n) is 26.1. The number of aromatic nitrogens is 1. The average molecular weight is 635 g/mol. The first-order valence-corrected chi connectivity index (χ1v) is 15.9. The summed E-state index contributed by atoms with van der Waals surface area (Å²) in [4.78, 5) is 32.5. The van der Waals surface area contributed by atoms with Gasteiger partial charge >= 0.3 is 5.97 Å². The van der Waals surface area contributed by atoms with Crippen LogP contribution in [0.2, 0.25) is 0 Å². The van der Waals surface area contributed by atoms with E-state index in [0.717, 1.165) is 16.9 Å². The fourth-order valence-corrected chi connectivity index (χ4v) is 6.68. The molecule has 2 heterocycles. The van der Waals surface area contributed by atoms with Crippen LogP contribution in [0.3, 0.4) is 0 Å². The highest BCUT2D eigenvalue weighted by Gasteiger charge is 2.34. The van der Waals surface area contributed by atoms with Crippen molar-refractivity contribution in [3.05, 3.63) is 133 Å². The molecule has 234 valence electrons. The van der Waals surface area contributed by atoms with Gasteiger partial charge in [-0.25, -0.2) is 9.79 Å². The molecular formula is C37H34N2O6S. The van der Waals surface area contributed by atoms with Crippen LogP contribution in [0.5, 0.6) is 17.2 Å². The molecule has 0 unspecified atom stereocenters. The number of benzene rings is 4. The molecular weight excluding hydrogens is 600 g/mol. The molecule has 0 saturated heterocycles. The van der Waals surface area contributed by atoms with Crippen molar-refractivity contribution in [2.24, 2.45) is 4.99 Å². The Balaban J connectivity index is 1.34.